The minimum atomic E-state index is -0.617. The van der Waals surface area contributed by atoms with Gasteiger partial charge in [-0.15, -0.1) is 0 Å². The number of nitrogens with one attached hydrogen (secondary N) is 2. The summed E-state index contributed by atoms with van der Waals surface area (Å²) >= 11 is 0. The van der Waals surface area contributed by atoms with Crippen LogP contribution in [0.2, 0.25) is 0 Å². The number of allylic oxidation sites excluding steroid dienone is 1. The number of unbranched alkanes of at least 4 members (excludes halogenated alkanes) is 5. The summed E-state index contributed by atoms with van der Waals surface area (Å²) in [6.45, 7) is 9.99. The monoisotopic (exact) mass is 426 g/mol. The molecule has 2 N–H and O–H groups in total. The molecule has 0 aromatic carbocycles. The zero-order chi connectivity index (χ0) is 22.6. The smallest absolute Gasteiger partial charge is 0.408 e. The Balaban J connectivity index is 2.59. The van der Waals surface area contributed by atoms with E-state index in [4.69, 9.17) is 14.2 Å². The molecule has 30 heavy (non-hydrogen) atoms. The van der Waals surface area contributed by atoms with E-state index in [1.807, 2.05) is 13.0 Å². The summed E-state index contributed by atoms with van der Waals surface area (Å²) in [5, 5.41) is 5.47. The summed E-state index contributed by atoms with van der Waals surface area (Å²) < 4.78 is 16.8. The van der Waals surface area contributed by atoms with Gasteiger partial charge in [0.15, 0.2) is 0 Å². The van der Waals surface area contributed by atoms with Crippen LogP contribution in [-0.4, -0.2) is 56.1 Å². The molecule has 1 aliphatic heterocycles. The summed E-state index contributed by atoms with van der Waals surface area (Å²) in [5.74, 6) is -0.151. The number of rotatable bonds is 11. The van der Waals surface area contributed by atoms with Crippen molar-refractivity contribution in [1.82, 2.24) is 10.6 Å². The third kappa shape index (κ3) is 10.4. The Bertz CT molecular complexity index is 544. The molecule has 7 heteroatoms. The number of methoxy groups -OCH3 is 1. The maximum absolute atomic E-state index is 12.5. The zero-order valence-electron chi connectivity index (χ0n) is 19.7. The van der Waals surface area contributed by atoms with Crippen LogP contribution in [0.15, 0.2) is 12.2 Å². The maximum Gasteiger partial charge on any atom is 0.408 e. The summed E-state index contributed by atoms with van der Waals surface area (Å²) in [6.07, 6.45) is 10.3. The number of hydrogen-bond donors (Lipinski definition) is 2. The normalized spacial score (nSPS) is 24.6. The van der Waals surface area contributed by atoms with Crippen LogP contribution < -0.4 is 10.6 Å². The largest absolute Gasteiger partial charge is 0.444 e. The summed E-state index contributed by atoms with van der Waals surface area (Å²) in [7, 11) is 1.65. The van der Waals surface area contributed by atoms with Gasteiger partial charge in [-0.2, -0.15) is 0 Å². The lowest BCUT2D eigenvalue weighted by atomic mass is 9.90. The van der Waals surface area contributed by atoms with Crippen LogP contribution in [0, 0.1) is 5.92 Å². The molecular weight excluding hydrogens is 384 g/mol. The Morgan fingerprint density at radius 3 is 2.50 bits per heavy atom. The summed E-state index contributed by atoms with van der Waals surface area (Å²) in [4.78, 5) is 24.2. The molecule has 1 rings (SSSR count). The van der Waals surface area contributed by atoms with Gasteiger partial charge in [-0.3, -0.25) is 4.79 Å². The quantitative estimate of drug-likeness (QED) is 0.386. The molecule has 2 amide bonds. The van der Waals surface area contributed by atoms with Crippen molar-refractivity contribution in [3.63, 3.8) is 0 Å². The van der Waals surface area contributed by atoms with E-state index in [9.17, 15) is 9.59 Å². The fraction of sp³-hybridized carbons (Fsp3) is 0.826. The molecule has 0 radical (unpaired) electrons. The van der Waals surface area contributed by atoms with Crippen molar-refractivity contribution in [3.05, 3.63) is 12.2 Å². The minimum absolute atomic E-state index is 0.151. The fourth-order valence-corrected chi connectivity index (χ4v) is 3.52. The molecule has 4 atom stereocenters. The van der Waals surface area contributed by atoms with Crippen LogP contribution in [-0.2, 0) is 19.0 Å². The van der Waals surface area contributed by atoms with E-state index in [-0.39, 0.29) is 36.6 Å². The highest BCUT2D eigenvalue weighted by Gasteiger charge is 2.38. The second kappa shape index (κ2) is 13.7. The zero-order valence-corrected chi connectivity index (χ0v) is 19.7. The topological polar surface area (TPSA) is 85.9 Å². The maximum atomic E-state index is 12.5. The molecule has 0 aromatic rings. The van der Waals surface area contributed by atoms with Gasteiger partial charge in [-0.05, 0) is 33.6 Å². The number of hydrogen-bond acceptors (Lipinski definition) is 5. The summed E-state index contributed by atoms with van der Waals surface area (Å²) in [6, 6.07) is -0.317. The van der Waals surface area contributed by atoms with Crippen LogP contribution in [0.3, 0.4) is 0 Å². The van der Waals surface area contributed by atoms with E-state index in [0.29, 0.717) is 6.61 Å². The SMILES string of the molecule is CCCCCCC/C=C/[C@@H]1OC[C@H](C)[C@H](OC)[C@H]1NC(=O)CNC(=O)OC(C)(C)C. The van der Waals surface area contributed by atoms with Gasteiger partial charge >= 0.3 is 6.09 Å². The Morgan fingerprint density at radius 1 is 1.17 bits per heavy atom. The lowest BCUT2D eigenvalue weighted by molar-refractivity contribution is -0.131. The Hall–Kier alpha value is -1.60. The predicted octanol–water partition coefficient (Wildman–Crippen LogP) is 3.96. The first-order chi connectivity index (χ1) is 14.2. The Morgan fingerprint density at radius 2 is 1.87 bits per heavy atom. The number of alkyl carbamates (subject to hydrolysis) is 1. The van der Waals surface area contributed by atoms with Crippen molar-refractivity contribution in [2.45, 2.75) is 97.0 Å². The van der Waals surface area contributed by atoms with Crippen molar-refractivity contribution < 1.29 is 23.8 Å². The Kier molecular flexibility index (Phi) is 12.0. The minimum Gasteiger partial charge on any atom is -0.444 e. The standard InChI is InChI=1S/C23H42N2O5/c1-7-8-9-10-11-12-13-14-18-20(21(28-6)17(2)16-29-18)25-19(26)15-24-22(27)30-23(3,4)5/h13-14,17-18,20-21H,7-12,15-16H2,1-6H3,(H,24,27)(H,25,26)/b14-13+/t17-,18-,20-,21-/m0/s1. The fourth-order valence-electron chi connectivity index (χ4n) is 3.52. The highest BCUT2D eigenvalue weighted by molar-refractivity contribution is 5.82. The number of carbonyl (C=O) groups is 2. The van der Waals surface area contributed by atoms with Gasteiger partial charge in [0, 0.05) is 13.0 Å². The summed E-state index contributed by atoms with van der Waals surface area (Å²) in [5.41, 5.74) is -0.610. The average Bonchev–Trinajstić information content (AvgIpc) is 2.66. The predicted molar refractivity (Wildman–Crippen MR) is 118 cm³/mol. The molecule has 0 unspecified atom stereocenters. The highest BCUT2D eigenvalue weighted by Crippen LogP contribution is 2.23. The second-order valence-electron chi connectivity index (χ2n) is 9.06. The average molecular weight is 427 g/mol. The van der Waals surface area contributed by atoms with Gasteiger partial charge in [0.25, 0.3) is 0 Å². The van der Waals surface area contributed by atoms with Crippen molar-refractivity contribution in [2.24, 2.45) is 5.92 Å². The van der Waals surface area contributed by atoms with Gasteiger partial charge in [-0.1, -0.05) is 51.7 Å². The lowest BCUT2D eigenvalue weighted by Gasteiger charge is -2.40. The van der Waals surface area contributed by atoms with E-state index in [1.165, 1.54) is 25.7 Å². The molecule has 1 saturated heterocycles. The van der Waals surface area contributed by atoms with Crippen LogP contribution >= 0.6 is 0 Å². The molecule has 1 heterocycles. The third-order valence-corrected chi connectivity index (χ3v) is 5.01. The van der Waals surface area contributed by atoms with Crippen LogP contribution in [0.4, 0.5) is 4.79 Å². The Labute approximate surface area is 182 Å². The molecule has 0 saturated carbocycles. The van der Waals surface area contributed by atoms with Crippen molar-refractivity contribution in [1.29, 1.82) is 0 Å². The molecule has 7 nitrogen and oxygen atoms in total. The van der Waals surface area contributed by atoms with Gasteiger partial charge in [0.2, 0.25) is 5.91 Å². The van der Waals surface area contributed by atoms with Crippen molar-refractivity contribution in [2.75, 3.05) is 20.3 Å². The third-order valence-electron chi connectivity index (χ3n) is 5.01. The number of carbonyl (C=O) groups excluding carboxylic acids is 2. The van der Waals surface area contributed by atoms with E-state index in [0.717, 1.165) is 12.8 Å². The van der Waals surface area contributed by atoms with Crippen LogP contribution in [0.5, 0.6) is 0 Å². The molecule has 1 aliphatic rings. The second-order valence-corrected chi connectivity index (χ2v) is 9.06. The van der Waals surface area contributed by atoms with Crippen molar-refractivity contribution in [3.8, 4) is 0 Å². The number of ether oxygens (including phenoxy) is 3. The van der Waals surface area contributed by atoms with E-state index in [1.54, 1.807) is 27.9 Å². The van der Waals surface area contributed by atoms with Crippen LogP contribution in [0.1, 0.15) is 73.1 Å². The molecular formula is C23H42N2O5. The highest BCUT2D eigenvalue weighted by atomic mass is 16.6. The van der Waals surface area contributed by atoms with E-state index in [2.05, 4.69) is 23.6 Å². The number of amides is 2. The van der Waals surface area contributed by atoms with E-state index >= 15 is 0 Å². The molecule has 0 aromatic heterocycles. The molecule has 0 aliphatic carbocycles. The lowest BCUT2D eigenvalue weighted by Crippen LogP contribution is -2.59. The van der Waals surface area contributed by atoms with Crippen molar-refractivity contribution >= 4 is 12.0 Å². The van der Waals surface area contributed by atoms with Gasteiger partial charge in [0.05, 0.1) is 24.9 Å². The van der Waals surface area contributed by atoms with E-state index < -0.39 is 11.7 Å². The van der Waals surface area contributed by atoms with Gasteiger partial charge < -0.3 is 24.8 Å². The van der Waals surface area contributed by atoms with Gasteiger partial charge in [0.1, 0.15) is 12.1 Å². The van der Waals surface area contributed by atoms with Gasteiger partial charge in [-0.25, -0.2) is 4.79 Å². The first kappa shape index (κ1) is 26.4. The molecule has 0 bridgehead atoms. The molecule has 174 valence electrons. The molecule has 0 spiro atoms. The molecule has 1 fully saturated rings. The van der Waals surface area contributed by atoms with Crippen LogP contribution in [0.25, 0.3) is 0 Å². The first-order valence-electron chi connectivity index (χ1n) is 11.2. The first-order valence-corrected chi connectivity index (χ1v) is 11.2.